The summed E-state index contributed by atoms with van der Waals surface area (Å²) in [5, 5.41) is 0.687. The molecule has 2 fully saturated rings. The highest BCUT2D eigenvalue weighted by molar-refractivity contribution is 6.30. The van der Waals surface area contributed by atoms with E-state index in [-0.39, 0.29) is 17.7 Å². The number of nitrogens with zero attached hydrogens (tertiary/aromatic N) is 5. The number of aromatic nitrogens is 2. The van der Waals surface area contributed by atoms with Gasteiger partial charge in [0.1, 0.15) is 5.65 Å². The van der Waals surface area contributed by atoms with Gasteiger partial charge in [-0.15, -0.1) is 0 Å². The third kappa shape index (κ3) is 4.91. The van der Waals surface area contributed by atoms with Crippen LogP contribution in [0.3, 0.4) is 0 Å². The second kappa shape index (κ2) is 9.57. The normalized spacial score (nSPS) is 18.6. The van der Waals surface area contributed by atoms with Crippen LogP contribution in [0.1, 0.15) is 35.5 Å². The number of furan rings is 1. The SMILES string of the molecule is O=C(c1ccco1)N1CCC(C(=O)N2CCCN(Cc3cn4cc(Cl)ccc4n3)CC2)CC1. The molecule has 174 valence electrons. The Bertz CT molecular complexity index is 1120. The molecule has 33 heavy (non-hydrogen) atoms. The maximum atomic E-state index is 13.2. The summed E-state index contributed by atoms with van der Waals surface area (Å²) >= 11 is 6.08. The quantitative estimate of drug-likeness (QED) is 0.586. The Balaban J connectivity index is 1.13. The first kappa shape index (κ1) is 22.0. The average Bonchev–Trinajstić information content (AvgIpc) is 3.44. The number of halogens is 1. The van der Waals surface area contributed by atoms with Gasteiger partial charge in [-0.2, -0.15) is 0 Å². The molecule has 3 aromatic rings. The van der Waals surface area contributed by atoms with Gasteiger partial charge in [-0.25, -0.2) is 4.98 Å². The number of piperidine rings is 1. The lowest BCUT2D eigenvalue weighted by Gasteiger charge is -2.33. The van der Waals surface area contributed by atoms with Crippen molar-refractivity contribution in [2.75, 3.05) is 39.3 Å². The van der Waals surface area contributed by atoms with Gasteiger partial charge in [0.05, 0.1) is 17.0 Å². The summed E-state index contributed by atoms with van der Waals surface area (Å²) < 4.78 is 7.18. The number of pyridine rings is 1. The van der Waals surface area contributed by atoms with E-state index < -0.39 is 0 Å². The van der Waals surface area contributed by atoms with E-state index in [1.54, 1.807) is 17.0 Å². The van der Waals surface area contributed by atoms with E-state index >= 15 is 0 Å². The van der Waals surface area contributed by atoms with E-state index in [1.807, 2.05) is 33.8 Å². The lowest BCUT2D eigenvalue weighted by atomic mass is 9.95. The minimum absolute atomic E-state index is 0.0135. The molecule has 2 aliphatic heterocycles. The lowest BCUT2D eigenvalue weighted by Crippen LogP contribution is -2.45. The van der Waals surface area contributed by atoms with Gasteiger partial charge in [0.15, 0.2) is 5.76 Å². The summed E-state index contributed by atoms with van der Waals surface area (Å²) in [7, 11) is 0. The van der Waals surface area contributed by atoms with Crippen molar-refractivity contribution in [3.8, 4) is 0 Å². The van der Waals surface area contributed by atoms with Crippen molar-refractivity contribution in [1.82, 2.24) is 24.1 Å². The van der Waals surface area contributed by atoms with Gasteiger partial charge in [0.2, 0.25) is 5.91 Å². The van der Waals surface area contributed by atoms with Crippen LogP contribution in [0, 0.1) is 5.92 Å². The van der Waals surface area contributed by atoms with Crippen LogP contribution in [0.25, 0.3) is 5.65 Å². The van der Waals surface area contributed by atoms with Crippen LogP contribution >= 0.6 is 11.6 Å². The van der Waals surface area contributed by atoms with Crippen LogP contribution in [0.5, 0.6) is 0 Å². The maximum absolute atomic E-state index is 13.2. The second-order valence-electron chi connectivity index (χ2n) is 8.84. The fraction of sp³-hybridized carbons (Fsp3) is 0.458. The third-order valence-electron chi connectivity index (χ3n) is 6.61. The van der Waals surface area contributed by atoms with Crippen LogP contribution in [0.2, 0.25) is 5.02 Å². The summed E-state index contributed by atoms with van der Waals surface area (Å²) in [5.41, 5.74) is 1.89. The topological polar surface area (TPSA) is 74.3 Å². The van der Waals surface area contributed by atoms with Gasteiger partial charge in [-0.1, -0.05) is 11.6 Å². The first-order valence-electron chi connectivity index (χ1n) is 11.5. The first-order valence-corrected chi connectivity index (χ1v) is 11.9. The van der Waals surface area contributed by atoms with Crippen molar-refractivity contribution >= 4 is 29.1 Å². The number of hydrogen-bond acceptors (Lipinski definition) is 5. The highest BCUT2D eigenvalue weighted by Crippen LogP contribution is 2.22. The van der Waals surface area contributed by atoms with E-state index in [9.17, 15) is 9.59 Å². The molecule has 0 bridgehead atoms. The molecule has 0 N–H and O–H groups in total. The van der Waals surface area contributed by atoms with Crippen molar-refractivity contribution in [3.05, 3.63) is 59.4 Å². The Morgan fingerprint density at radius 3 is 2.64 bits per heavy atom. The minimum atomic E-state index is -0.0921. The number of hydrogen-bond donors (Lipinski definition) is 0. The highest BCUT2D eigenvalue weighted by Gasteiger charge is 2.32. The number of carbonyl (C=O) groups excluding carboxylic acids is 2. The Morgan fingerprint density at radius 1 is 1.00 bits per heavy atom. The van der Waals surface area contributed by atoms with Crippen molar-refractivity contribution in [3.63, 3.8) is 0 Å². The summed E-state index contributed by atoms with van der Waals surface area (Å²) in [6.07, 6.45) is 7.75. The van der Waals surface area contributed by atoms with Crippen LogP contribution in [-0.2, 0) is 11.3 Å². The first-order chi connectivity index (χ1) is 16.1. The van der Waals surface area contributed by atoms with E-state index in [2.05, 4.69) is 9.88 Å². The smallest absolute Gasteiger partial charge is 0.289 e. The van der Waals surface area contributed by atoms with E-state index in [0.29, 0.717) is 36.7 Å². The van der Waals surface area contributed by atoms with E-state index in [0.717, 1.165) is 50.5 Å². The molecule has 0 aromatic carbocycles. The number of likely N-dealkylation sites (tertiary alicyclic amines) is 1. The predicted molar refractivity (Wildman–Crippen MR) is 124 cm³/mol. The van der Waals surface area contributed by atoms with Gasteiger partial charge in [0, 0.05) is 64.1 Å². The zero-order valence-electron chi connectivity index (χ0n) is 18.5. The number of imidazole rings is 1. The fourth-order valence-electron chi connectivity index (χ4n) is 4.82. The molecule has 5 rings (SSSR count). The summed E-state index contributed by atoms with van der Waals surface area (Å²) in [6.45, 7) is 5.21. The summed E-state index contributed by atoms with van der Waals surface area (Å²) in [6, 6.07) is 7.17. The third-order valence-corrected chi connectivity index (χ3v) is 6.84. The minimum Gasteiger partial charge on any atom is -0.459 e. The van der Waals surface area contributed by atoms with Gasteiger partial charge < -0.3 is 18.6 Å². The van der Waals surface area contributed by atoms with Gasteiger partial charge in [-0.05, 0) is 43.5 Å². The Kier molecular flexibility index (Phi) is 6.37. The molecule has 2 aliphatic rings. The number of fused-ring (bicyclic) bond motifs is 1. The Morgan fingerprint density at radius 2 is 1.85 bits per heavy atom. The van der Waals surface area contributed by atoms with Gasteiger partial charge in [0.25, 0.3) is 5.91 Å². The van der Waals surface area contributed by atoms with Gasteiger partial charge >= 0.3 is 0 Å². The molecule has 0 spiro atoms. The maximum Gasteiger partial charge on any atom is 0.289 e. The molecule has 5 heterocycles. The standard InChI is InChI=1S/C24H28ClN5O3/c25-19-4-5-22-26-20(17-30(22)15-19)16-27-8-2-9-28(13-12-27)23(31)18-6-10-29(11-7-18)24(32)21-3-1-14-33-21/h1,3-5,14-15,17-18H,2,6-13,16H2. The van der Waals surface area contributed by atoms with Crippen LogP contribution in [-0.4, -0.2) is 75.2 Å². The largest absolute Gasteiger partial charge is 0.459 e. The molecule has 9 heteroatoms. The second-order valence-corrected chi connectivity index (χ2v) is 9.28. The van der Waals surface area contributed by atoms with Crippen molar-refractivity contribution in [2.45, 2.75) is 25.8 Å². The molecule has 8 nitrogen and oxygen atoms in total. The lowest BCUT2D eigenvalue weighted by molar-refractivity contribution is -0.136. The number of rotatable bonds is 4. The van der Waals surface area contributed by atoms with Gasteiger partial charge in [-0.3, -0.25) is 14.5 Å². The van der Waals surface area contributed by atoms with Crippen LogP contribution < -0.4 is 0 Å². The molecule has 2 saturated heterocycles. The zero-order valence-corrected chi connectivity index (χ0v) is 19.3. The predicted octanol–water partition coefficient (Wildman–Crippen LogP) is 3.17. The van der Waals surface area contributed by atoms with Crippen molar-refractivity contribution in [1.29, 1.82) is 0 Å². The number of carbonyl (C=O) groups is 2. The molecular formula is C24H28ClN5O3. The van der Waals surface area contributed by atoms with Crippen LogP contribution in [0.4, 0.5) is 0 Å². The monoisotopic (exact) mass is 469 g/mol. The number of amides is 2. The van der Waals surface area contributed by atoms with E-state index in [1.165, 1.54) is 6.26 Å². The molecule has 0 unspecified atom stereocenters. The zero-order chi connectivity index (χ0) is 22.8. The van der Waals surface area contributed by atoms with E-state index in [4.69, 9.17) is 16.0 Å². The van der Waals surface area contributed by atoms with Crippen LogP contribution in [0.15, 0.2) is 47.3 Å². The molecule has 0 saturated carbocycles. The highest BCUT2D eigenvalue weighted by atomic mass is 35.5. The molecule has 0 radical (unpaired) electrons. The Hall–Kier alpha value is -2.84. The molecule has 3 aromatic heterocycles. The molecule has 0 aliphatic carbocycles. The average molecular weight is 470 g/mol. The van der Waals surface area contributed by atoms with Crippen molar-refractivity contribution < 1.29 is 14.0 Å². The molecule has 2 amide bonds. The Labute approximate surface area is 197 Å². The molecular weight excluding hydrogens is 442 g/mol. The summed E-state index contributed by atoms with van der Waals surface area (Å²) in [4.78, 5) is 36.5. The molecule has 0 atom stereocenters. The van der Waals surface area contributed by atoms with Crippen molar-refractivity contribution in [2.24, 2.45) is 5.92 Å². The summed E-state index contributed by atoms with van der Waals surface area (Å²) in [5.74, 6) is 0.483. The fourth-order valence-corrected chi connectivity index (χ4v) is 4.98.